The van der Waals surface area contributed by atoms with Gasteiger partial charge in [0.2, 0.25) is 5.88 Å². The third-order valence-corrected chi connectivity index (χ3v) is 7.03. The monoisotopic (exact) mass is 625 g/mol. The van der Waals surface area contributed by atoms with Crippen molar-refractivity contribution in [2.75, 3.05) is 20.3 Å². The summed E-state index contributed by atoms with van der Waals surface area (Å²) >= 11 is 6.74. The van der Waals surface area contributed by atoms with E-state index in [0.717, 1.165) is 25.4 Å². The molecule has 41 heavy (non-hydrogen) atoms. The van der Waals surface area contributed by atoms with Crippen LogP contribution in [-0.4, -0.2) is 51.3 Å². The van der Waals surface area contributed by atoms with E-state index in [0.29, 0.717) is 17.8 Å². The lowest BCUT2D eigenvalue weighted by Crippen LogP contribution is -2.47. The van der Waals surface area contributed by atoms with Crippen molar-refractivity contribution in [3.63, 3.8) is 0 Å². The Kier molecular flexibility index (Phi) is 9.84. The summed E-state index contributed by atoms with van der Waals surface area (Å²) < 4.78 is 84.9. The minimum Gasteiger partial charge on any atom is -0.476 e. The summed E-state index contributed by atoms with van der Waals surface area (Å²) in [5, 5.41) is 9.50. The largest absolute Gasteiger partial charge is 0.476 e. The molecule has 0 aliphatic carbocycles. The zero-order chi connectivity index (χ0) is 30.7. The van der Waals surface area contributed by atoms with E-state index in [4.69, 9.17) is 25.8 Å². The molecule has 0 radical (unpaired) electrons. The highest BCUT2D eigenvalue weighted by Gasteiger charge is 2.42. The lowest BCUT2D eigenvalue weighted by atomic mass is 10.2. The summed E-state index contributed by atoms with van der Waals surface area (Å²) in [7, 11) is 2.12. The molecule has 0 saturated carbocycles. The number of hydrogen-bond acceptors (Lipinski definition) is 8. The van der Waals surface area contributed by atoms with E-state index < -0.39 is 58.1 Å². The Bertz CT molecular complexity index is 1580. The second kappa shape index (κ2) is 12.6. The molecule has 0 fully saturated rings. The number of nitrogens with zero attached hydrogens (tertiary/aromatic N) is 3. The van der Waals surface area contributed by atoms with Crippen molar-refractivity contribution in [2.45, 2.75) is 35.1 Å². The Morgan fingerprint density at radius 3 is 2.39 bits per heavy atom. The third-order valence-electron chi connectivity index (χ3n) is 5.53. The highest BCUT2D eigenvalue weighted by molar-refractivity contribution is 7.99. The van der Waals surface area contributed by atoms with Crippen LogP contribution in [0.2, 0.25) is 5.02 Å². The molecule has 0 spiro atoms. The number of halogens is 6. The first kappa shape index (κ1) is 32.0. The van der Waals surface area contributed by atoms with Crippen molar-refractivity contribution < 1.29 is 46.1 Å². The molecule has 0 amide bonds. The van der Waals surface area contributed by atoms with E-state index in [-0.39, 0.29) is 49.6 Å². The van der Waals surface area contributed by atoms with Gasteiger partial charge in [0.1, 0.15) is 17.3 Å². The first-order valence-corrected chi connectivity index (χ1v) is 12.6. The molecule has 1 atom stereocenters. The van der Waals surface area contributed by atoms with E-state index in [1.807, 2.05) is 0 Å². The molecule has 1 aromatic carbocycles. The van der Waals surface area contributed by atoms with Crippen molar-refractivity contribution in [1.82, 2.24) is 14.1 Å². The van der Waals surface area contributed by atoms with Gasteiger partial charge >= 0.3 is 23.6 Å². The number of hydrogen-bond donors (Lipinski definition) is 1. The molecular weight excluding hydrogens is 605 g/mol. The lowest BCUT2D eigenvalue weighted by Gasteiger charge is -2.29. The highest BCUT2D eigenvalue weighted by atomic mass is 35.5. The SMILES string of the molecule is CCC(OCCOC)(Oc1ncc(F)cc1Sc1cc(-n2c(=O)cc(C(F)(F)F)n(C)c2=O)c(F)cc1Cl)C(=O)O. The smallest absolute Gasteiger partial charge is 0.431 e. The van der Waals surface area contributed by atoms with Crippen molar-refractivity contribution in [3.05, 3.63) is 73.7 Å². The fourth-order valence-corrected chi connectivity index (χ4v) is 4.65. The van der Waals surface area contributed by atoms with Crippen molar-refractivity contribution in [1.29, 1.82) is 0 Å². The molecule has 222 valence electrons. The number of rotatable bonds is 11. The number of aromatic nitrogens is 3. The standard InChI is InChI=1S/C24H21ClF5N3O7S/c1-4-23(21(35)36,39-6-5-38-3)40-20-17(7-12(26)11-31-20)41-16-9-15(14(27)8-13(16)25)33-19(34)10-18(24(28,29)30)32(2)22(33)37/h7-11H,4-6H2,1-3H3,(H,35,36). The van der Waals surface area contributed by atoms with Gasteiger partial charge in [-0.1, -0.05) is 30.3 Å². The molecule has 2 aromatic heterocycles. The van der Waals surface area contributed by atoms with Crippen LogP contribution in [-0.2, 0) is 27.5 Å². The number of benzene rings is 1. The van der Waals surface area contributed by atoms with Crippen molar-refractivity contribution in [3.8, 4) is 11.6 Å². The summed E-state index contributed by atoms with van der Waals surface area (Å²) in [6.07, 6.45) is -4.53. The number of pyridine rings is 1. The predicted octanol–water partition coefficient (Wildman–Crippen LogP) is 4.27. The maximum Gasteiger partial charge on any atom is 0.431 e. The predicted molar refractivity (Wildman–Crippen MR) is 135 cm³/mol. The van der Waals surface area contributed by atoms with Gasteiger partial charge in [-0.25, -0.2) is 27.9 Å². The number of carboxylic acid groups (broad SMARTS) is 1. The number of carbonyl (C=O) groups is 1. The fourth-order valence-electron chi connectivity index (χ4n) is 3.47. The molecule has 17 heteroatoms. The zero-order valence-electron chi connectivity index (χ0n) is 21.4. The van der Waals surface area contributed by atoms with Crippen molar-refractivity contribution >= 4 is 29.3 Å². The summed E-state index contributed by atoms with van der Waals surface area (Å²) in [5.41, 5.74) is -5.28. The van der Waals surface area contributed by atoms with Gasteiger partial charge in [-0.15, -0.1) is 0 Å². The number of alkyl halides is 3. The average molecular weight is 626 g/mol. The van der Waals surface area contributed by atoms with Gasteiger partial charge in [0.05, 0.1) is 35.0 Å². The quantitative estimate of drug-likeness (QED) is 0.189. The van der Waals surface area contributed by atoms with Gasteiger partial charge in [-0.05, 0) is 18.2 Å². The van der Waals surface area contributed by atoms with Crippen LogP contribution in [0.5, 0.6) is 5.88 Å². The number of methoxy groups -OCH3 is 1. The second-order valence-corrected chi connectivity index (χ2v) is 9.68. The Balaban J connectivity index is 2.12. The summed E-state index contributed by atoms with van der Waals surface area (Å²) in [6, 6.07) is 2.60. The van der Waals surface area contributed by atoms with Crippen LogP contribution in [0.3, 0.4) is 0 Å². The Hall–Kier alpha value is -3.47. The first-order chi connectivity index (χ1) is 19.1. The molecule has 1 unspecified atom stereocenters. The lowest BCUT2D eigenvalue weighted by molar-refractivity contribution is -0.217. The Morgan fingerprint density at radius 2 is 1.80 bits per heavy atom. The van der Waals surface area contributed by atoms with E-state index >= 15 is 0 Å². The summed E-state index contributed by atoms with van der Waals surface area (Å²) in [6.45, 7) is 1.28. The summed E-state index contributed by atoms with van der Waals surface area (Å²) in [4.78, 5) is 40.8. The van der Waals surface area contributed by atoms with Gasteiger partial charge in [-0.2, -0.15) is 13.2 Å². The molecule has 0 aliphatic rings. The van der Waals surface area contributed by atoms with Gasteiger partial charge in [0.15, 0.2) is 0 Å². The van der Waals surface area contributed by atoms with E-state index in [2.05, 4.69) is 4.98 Å². The first-order valence-electron chi connectivity index (χ1n) is 11.4. The van der Waals surface area contributed by atoms with Gasteiger partial charge in [0, 0.05) is 31.5 Å². The van der Waals surface area contributed by atoms with Crippen molar-refractivity contribution in [2.24, 2.45) is 7.05 Å². The molecule has 3 aromatic rings. The molecule has 2 heterocycles. The van der Waals surface area contributed by atoms with Crippen LogP contribution in [0.4, 0.5) is 22.0 Å². The van der Waals surface area contributed by atoms with E-state index in [1.54, 1.807) is 0 Å². The minimum absolute atomic E-state index is 0.0214. The highest BCUT2D eigenvalue weighted by Crippen LogP contribution is 2.40. The number of aliphatic carboxylic acids is 1. The fraction of sp³-hybridized carbons (Fsp3) is 0.333. The third kappa shape index (κ3) is 6.89. The van der Waals surface area contributed by atoms with Gasteiger partial charge in [-0.3, -0.25) is 9.36 Å². The van der Waals surface area contributed by atoms with Crippen LogP contribution < -0.4 is 16.0 Å². The molecule has 0 aliphatic heterocycles. The van der Waals surface area contributed by atoms with E-state index in [9.17, 15) is 41.4 Å². The Morgan fingerprint density at radius 1 is 1.12 bits per heavy atom. The molecule has 10 nitrogen and oxygen atoms in total. The number of ether oxygens (including phenoxy) is 3. The Labute approximate surface area is 237 Å². The van der Waals surface area contributed by atoms with Crippen LogP contribution in [0.1, 0.15) is 19.0 Å². The number of carboxylic acids is 1. The summed E-state index contributed by atoms with van der Waals surface area (Å²) in [5.74, 6) is -6.34. The van der Waals surface area contributed by atoms with Crippen LogP contribution in [0.25, 0.3) is 5.69 Å². The minimum atomic E-state index is -5.04. The molecule has 0 bridgehead atoms. The normalized spacial score (nSPS) is 13.2. The average Bonchev–Trinajstić information content (AvgIpc) is 2.88. The molecular formula is C24H21ClF5N3O7S. The van der Waals surface area contributed by atoms with E-state index in [1.165, 1.54) is 14.0 Å². The maximum atomic E-state index is 14.9. The maximum absolute atomic E-state index is 14.9. The van der Waals surface area contributed by atoms with Gasteiger partial charge in [0.25, 0.3) is 5.56 Å². The van der Waals surface area contributed by atoms with Crippen LogP contribution >= 0.6 is 23.4 Å². The second-order valence-electron chi connectivity index (χ2n) is 8.19. The topological polar surface area (TPSA) is 122 Å². The molecule has 1 N–H and O–H groups in total. The molecule has 0 saturated heterocycles. The van der Waals surface area contributed by atoms with Crippen LogP contribution in [0, 0.1) is 11.6 Å². The molecule has 3 rings (SSSR count). The van der Waals surface area contributed by atoms with Crippen LogP contribution in [0.15, 0.2) is 49.8 Å². The van der Waals surface area contributed by atoms with Gasteiger partial charge < -0.3 is 19.3 Å². The zero-order valence-corrected chi connectivity index (χ0v) is 23.0.